The van der Waals surface area contributed by atoms with Gasteiger partial charge in [0.1, 0.15) is 29.1 Å². The van der Waals surface area contributed by atoms with Gasteiger partial charge < -0.3 is 24.5 Å². The van der Waals surface area contributed by atoms with Crippen molar-refractivity contribution in [2.45, 2.75) is 37.8 Å². The van der Waals surface area contributed by atoms with Crippen LogP contribution >= 0.6 is 0 Å². The highest BCUT2D eigenvalue weighted by Crippen LogP contribution is 2.46. The number of benzene rings is 2. The number of aromatic amines is 1. The molecule has 3 N–H and O–H groups in total. The van der Waals surface area contributed by atoms with Crippen molar-refractivity contribution in [3.63, 3.8) is 0 Å². The molecule has 0 bridgehead atoms. The average molecular weight is 394 g/mol. The number of methoxy groups -OCH3 is 2. The molecular formula is C22H26N4O3. The molecule has 7 nitrogen and oxygen atoms in total. The number of imidazole rings is 1. The molecule has 0 spiro atoms. The molecule has 0 aliphatic carbocycles. The van der Waals surface area contributed by atoms with Gasteiger partial charge in [-0.2, -0.15) is 0 Å². The summed E-state index contributed by atoms with van der Waals surface area (Å²) in [5, 5.41) is 20.3. The molecule has 1 saturated heterocycles. The van der Waals surface area contributed by atoms with E-state index in [9.17, 15) is 5.11 Å². The number of aliphatic hydroxyl groups excluding tert-OH is 1. The maximum Gasteiger partial charge on any atom is 0.124 e. The number of ether oxygens (including phenoxy) is 2. The minimum absolute atomic E-state index is 0.288. The Labute approximate surface area is 169 Å². The van der Waals surface area contributed by atoms with Gasteiger partial charge in [0, 0.05) is 18.2 Å². The highest BCUT2D eigenvalue weighted by atomic mass is 16.5. The molecule has 3 aromatic rings. The predicted molar refractivity (Wildman–Crippen MR) is 113 cm³/mol. The lowest BCUT2D eigenvalue weighted by molar-refractivity contribution is 0.101. The first kappa shape index (κ1) is 19.3. The van der Waals surface area contributed by atoms with E-state index >= 15 is 0 Å². The summed E-state index contributed by atoms with van der Waals surface area (Å²) in [5.74, 6) is 1.58. The molecule has 1 aromatic heterocycles. The maximum atomic E-state index is 11.3. The molecule has 7 heteroatoms. The first-order valence-corrected chi connectivity index (χ1v) is 9.67. The Morgan fingerprint density at radius 3 is 2.41 bits per heavy atom. The summed E-state index contributed by atoms with van der Waals surface area (Å²) >= 11 is 0. The highest BCUT2D eigenvalue weighted by molar-refractivity contribution is 6.05. The molecule has 2 heterocycles. The van der Waals surface area contributed by atoms with Crippen LogP contribution in [0.3, 0.4) is 0 Å². The fraction of sp³-hybridized carbons (Fsp3) is 0.364. The second-order valence-corrected chi connectivity index (χ2v) is 7.56. The van der Waals surface area contributed by atoms with E-state index in [0.717, 1.165) is 16.7 Å². The zero-order valence-electron chi connectivity index (χ0n) is 17.1. The second-order valence-electron chi connectivity index (χ2n) is 7.56. The minimum Gasteiger partial charge on any atom is -0.497 e. The van der Waals surface area contributed by atoms with Crippen molar-refractivity contribution >= 4 is 22.6 Å². The Kier molecular flexibility index (Phi) is 4.70. The lowest BCUT2D eigenvalue weighted by Gasteiger charge is -2.37. The fourth-order valence-electron chi connectivity index (χ4n) is 4.18. The molecular weight excluding hydrogens is 368 g/mol. The number of rotatable bonds is 5. The van der Waals surface area contributed by atoms with Crippen LogP contribution in [0.2, 0.25) is 0 Å². The summed E-state index contributed by atoms with van der Waals surface area (Å²) in [6.45, 7) is 3.99. The monoisotopic (exact) mass is 394 g/mol. The van der Waals surface area contributed by atoms with E-state index in [4.69, 9.17) is 14.9 Å². The van der Waals surface area contributed by atoms with E-state index in [0.29, 0.717) is 23.7 Å². The molecule has 0 amide bonds. The van der Waals surface area contributed by atoms with E-state index in [1.165, 1.54) is 0 Å². The Balaban J connectivity index is 1.83. The molecule has 2 aromatic carbocycles. The van der Waals surface area contributed by atoms with Crippen LogP contribution in [0.15, 0.2) is 42.5 Å². The van der Waals surface area contributed by atoms with E-state index in [1.807, 2.05) is 55.1 Å². The third-order valence-corrected chi connectivity index (χ3v) is 6.01. The van der Waals surface area contributed by atoms with Crippen molar-refractivity contribution in [3.8, 4) is 11.5 Å². The van der Waals surface area contributed by atoms with Gasteiger partial charge in [0.25, 0.3) is 0 Å². The lowest BCUT2D eigenvalue weighted by atomic mass is 9.87. The number of amidine groups is 1. The van der Waals surface area contributed by atoms with Gasteiger partial charge in [-0.1, -0.05) is 19.1 Å². The Bertz CT molecular complexity index is 1010. The van der Waals surface area contributed by atoms with Gasteiger partial charge in [-0.05, 0) is 25.5 Å². The fourth-order valence-corrected chi connectivity index (χ4v) is 4.18. The van der Waals surface area contributed by atoms with Crippen LogP contribution in [0.4, 0.5) is 5.69 Å². The third-order valence-electron chi connectivity index (χ3n) is 6.01. The number of nitrogens with zero attached hydrogens (tertiary/aromatic N) is 2. The molecule has 152 valence electrons. The summed E-state index contributed by atoms with van der Waals surface area (Å²) in [6.07, 6.45) is -0.162. The molecule has 0 saturated carbocycles. The van der Waals surface area contributed by atoms with E-state index in [-0.39, 0.29) is 5.84 Å². The van der Waals surface area contributed by atoms with Crippen molar-refractivity contribution in [1.82, 2.24) is 9.97 Å². The topological polar surface area (TPSA) is 94.5 Å². The average Bonchev–Trinajstić information content (AvgIpc) is 3.24. The molecule has 1 fully saturated rings. The third kappa shape index (κ3) is 2.93. The van der Waals surface area contributed by atoms with Crippen LogP contribution in [-0.2, 0) is 0 Å². The molecule has 0 radical (unpaired) electrons. The van der Waals surface area contributed by atoms with Crippen LogP contribution in [0.5, 0.6) is 11.5 Å². The molecule has 1 aliphatic heterocycles. The van der Waals surface area contributed by atoms with Crippen molar-refractivity contribution in [2.75, 3.05) is 19.1 Å². The standard InChI is InChI=1S/C22H26N4O3/c1-5-22(2)19(27)18(21-24-16-8-6-7-9-17(16)25-21)20(23)26(22)13-10-14(28-3)12-15(11-13)29-4/h6-12,18-19,23,27H,5H2,1-4H3,(H,24,25). The van der Waals surface area contributed by atoms with Crippen molar-refractivity contribution in [3.05, 3.63) is 48.3 Å². The maximum absolute atomic E-state index is 11.3. The van der Waals surface area contributed by atoms with Crippen LogP contribution in [0, 0.1) is 5.41 Å². The number of aliphatic hydroxyl groups is 1. The first-order chi connectivity index (χ1) is 13.9. The van der Waals surface area contributed by atoms with Crippen LogP contribution < -0.4 is 14.4 Å². The molecule has 3 atom stereocenters. The van der Waals surface area contributed by atoms with Gasteiger partial charge in [0.2, 0.25) is 0 Å². The number of H-pyrrole nitrogens is 1. The van der Waals surface area contributed by atoms with Crippen molar-refractivity contribution in [2.24, 2.45) is 0 Å². The number of aromatic nitrogens is 2. The number of fused-ring (bicyclic) bond motifs is 1. The first-order valence-electron chi connectivity index (χ1n) is 9.67. The largest absolute Gasteiger partial charge is 0.497 e. The van der Waals surface area contributed by atoms with Gasteiger partial charge in [-0.3, -0.25) is 5.41 Å². The van der Waals surface area contributed by atoms with E-state index < -0.39 is 17.6 Å². The molecule has 4 rings (SSSR count). The zero-order valence-corrected chi connectivity index (χ0v) is 17.1. The van der Waals surface area contributed by atoms with Gasteiger partial charge in [-0.25, -0.2) is 4.98 Å². The quantitative estimate of drug-likeness (QED) is 0.614. The van der Waals surface area contributed by atoms with Crippen LogP contribution in [0.25, 0.3) is 11.0 Å². The van der Waals surface area contributed by atoms with Crippen molar-refractivity contribution in [1.29, 1.82) is 5.41 Å². The smallest absolute Gasteiger partial charge is 0.124 e. The van der Waals surface area contributed by atoms with E-state index in [2.05, 4.69) is 9.97 Å². The van der Waals surface area contributed by atoms with Gasteiger partial charge in [0.05, 0.1) is 42.6 Å². The normalized spacial score (nSPS) is 24.3. The van der Waals surface area contributed by atoms with Gasteiger partial charge in [-0.15, -0.1) is 0 Å². The second kappa shape index (κ2) is 7.08. The summed E-state index contributed by atoms with van der Waals surface area (Å²) in [5.41, 5.74) is 1.77. The Morgan fingerprint density at radius 2 is 1.83 bits per heavy atom. The zero-order chi connectivity index (χ0) is 20.8. The highest BCUT2D eigenvalue weighted by Gasteiger charge is 2.54. The summed E-state index contributed by atoms with van der Waals surface area (Å²) < 4.78 is 10.8. The molecule has 3 unspecified atom stereocenters. The number of hydrogen-bond donors (Lipinski definition) is 3. The number of para-hydroxylation sites is 2. The van der Waals surface area contributed by atoms with E-state index in [1.54, 1.807) is 20.3 Å². The van der Waals surface area contributed by atoms with Gasteiger partial charge in [0.15, 0.2) is 0 Å². The lowest BCUT2D eigenvalue weighted by Crippen LogP contribution is -2.48. The Morgan fingerprint density at radius 1 is 1.17 bits per heavy atom. The summed E-state index contributed by atoms with van der Waals surface area (Å²) in [6, 6.07) is 13.2. The van der Waals surface area contributed by atoms with Crippen molar-refractivity contribution < 1.29 is 14.6 Å². The van der Waals surface area contributed by atoms with Gasteiger partial charge >= 0.3 is 0 Å². The Hall–Kier alpha value is -3.06. The molecule has 1 aliphatic rings. The van der Waals surface area contributed by atoms with Crippen LogP contribution in [0.1, 0.15) is 32.0 Å². The minimum atomic E-state index is -0.808. The van der Waals surface area contributed by atoms with Crippen LogP contribution in [-0.4, -0.2) is 46.8 Å². The number of anilines is 1. The summed E-state index contributed by atoms with van der Waals surface area (Å²) in [4.78, 5) is 9.82. The summed E-state index contributed by atoms with van der Waals surface area (Å²) in [7, 11) is 3.19. The predicted octanol–water partition coefficient (Wildman–Crippen LogP) is 3.69. The number of hydrogen-bond acceptors (Lipinski definition) is 5. The number of nitrogens with one attached hydrogen (secondary N) is 2. The molecule has 29 heavy (non-hydrogen) atoms. The SMILES string of the molecule is CCC1(C)C(O)C(c2nc3ccccc3[nH]2)C(=N)N1c1cc(OC)cc(OC)c1.